The quantitative estimate of drug-likeness (QED) is 0.860. The highest BCUT2D eigenvalue weighted by Gasteiger charge is 2.47. The maximum absolute atomic E-state index is 12.4. The molecule has 116 valence electrons. The van der Waals surface area contributed by atoms with E-state index >= 15 is 0 Å². The second-order valence-electron chi connectivity index (χ2n) is 5.88. The Morgan fingerprint density at radius 1 is 1.50 bits per heavy atom. The molecule has 2 aliphatic heterocycles. The molecule has 0 aliphatic carbocycles. The van der Waals surface area contributed by atoms with Gasteiger partial charge in [-0.25, -0.2) is 0 Å². The normalized spacial score (nSPS) is 27.3. The van der Waals surface area contributed by atoms with E-state index < -0.39 is 0 Å². The van der Waals surface area contributed by atoms with Crippen LogP contribution in [0.15, 0.2) is 22.0 Å². The molecule has 0 N–H and O–H groups in total. The van der Waals surface area contributed by atoms with Gasteiger partial charge in [-0.15, -0.1) is 11.3 Å². The minimum atomic E-state index is 0.0875. The average molecular weight is 319 g/mol. The van der Waals surface area contributed by atoms with Crippen molar-refractivity contribution in [3.8, 4) is 0 Å². The van der Waals surface area contributed by atoms with Gasteiger partial charge in [-0.2, -0.15) is 4.98 Å². The summed E-state index contributed by atoms with van der Waals surface area (Å²) in [6.07, 6.45) is 0.561. The van der Waals surface area contributed by atoms with Crippen LogP contribution in [-0.2, 0) is 16.0 Å². The van der Waals surface area contributed by atoms with E-state index in [2.05, 4.69) is 10.1 Å². The highest BCUT2D eigenvalue weighted by Crippen LogP contribution is 2.39. The van der Waals surface area contributed by atoms with Crippen molar-refractivity contribution in [1.29, 1.82) is 0 Å². The zero-order valence-corrected chi connectivity index (χ0v) is 13.1. The number of thiophene rings is 1. The first kappa shape index (κ1) is 13.9. The molecule has 0 radical (unpaired) electrons. The van der Waals surface area contributed by atoms with Gasteiger partial charge in [0.2, 0.25) is 11.8 Å². The number of fused-ring (bicyclic) bond motifs is 1. The number of aryl methyl sites for hydroxylation is 1. The number of carbonyl (C=O) groups is 1. The fourth-order valence-electron chi connectivity index (χ4n) is 3.31. The van der Waals surface area contributed by atoms with Gasteiger partial charge in [0.15, 0.2) is 5.82 Å². The molecule has 1 amide bonds. The van der Waals surface area contributed by atoms with Crippen LogP contribution >= 0.6 is 11.3 Å². The molecule has 0 unspecified atom stereocenters. The molecule has 6 nitrogen and oxygen atoms in total. The second-order valence-corrected chi connectivity index (χ2v) is 6.91. The molecule has 3 atom stereocenters. The minimum absolute atomic E-state index is 0.0875. The van der Waals surface area contributed by atoms with Gasteiger partial charge >= 0.3 is 0 Å². The van der Waals surface area contributed by atoms with Crippen molar-refractivity contribution in [2.45, 2.75) is 25.4 Å². The van der Waals surface area contributed by atoms with Crippen LogP contribution in [-0.4, -0.2) is 46.7 Å². The maximum Gasteiger partial charge on any atom is 0.232 e. The molecule has 2 aliphatic rings. The standard InChI is InChI=1S/C15H17N3O3S/c1-9-16-15(21-17-9)12-8-20-13-7-18(6-11(12)13)14(19)5-10-3-2-4-22-10/h2-4,11-13H,5-8H2,1H3/t11-,12+,13-/m0/s1. The topological polar surface area (TPSA) is 68.5 Å². The number of carbonyl (C=O) groups excluding carboxylic acids is 1. The monoisotopic (exact) mass is 319 g/mol. The van der Waals surface area contributed by atoms with Gasteiger partial charge in [0.25, 0.3) is 0 Å². The van der Waals surface area contributed by atoms with Crippen molar-refractivity contribution < 1.29 is 14.1 Å². The molecule has 2 aromatic rings. The molecule has 7 heteroatoms. The van der Waals surface area contributed by atoms with Crippen LogP contribution in [0.4, 0.5) is 0 Å². The average Bonchev–Trinajstić information content (AvgIpc) is 3.20. The highest BCUT2D eigenvalue weighted by atomic mass is 32.1. The van der Waals surface area contributed by atoms with E-state index in [0.717, 1.165) is 4.88 Å². The first-order chi connectivity index (χ1) is 10.7. The van der Waals surface area contributed by atoms with Crippen molar-refractivity contribution in [2.75, 3.05) is 19.7 Å². The van der Waals surface area contributed by atoms with E-state index in [1.54, 1.807) is 11.3 Å². The number of nitrogens with zero attached hydrogens (tertiary/aromatic N) is 3. The van der Waals surface area contributed by atoms with Crippen LogP contribution in [0.3, 0.4) is 0 Å². The van der Waals surface area contributed by atoms with Crippen molar-refractivity contribution in [3.63, 3.8) is 0 Å². The van der Waals surface area contributed by atoms with Crippen molar-refractivity contribution >= 4 is 17.2 Å². The fourth-order valence-corrected chi connectivity index (χ4v) is 4.00. The number of hydrogen-bond donors (Lipinski definition) is 0. The van der Waals surface area contributed by atoms with Crippen LogP contribution in [0, 0.1) is 12.8 Å². The van der Waals surface area contributed by atoms with Gasteiger partial charge in [-0.3, -0.25) is 4.79 Å². The number of aromatic nitrogens is 2. The largest absolute Gasteiger partial charge is 0.375 e. The van der Waals surface area contributed by atoms with Gasteiger partial charge < -0.3 is 14.2 Å². The third kappa shape index (κ3) is 2.44. The second kappa shape index (κ2) is 5.48. The predicted molar refractivity (Wildman–Crippen MR) is 79.6 cm³/mol. The molecule has 0 saturated carbocycles. The van der Waals surface area contributed by atoms with Gasteiger partial charge in [-0.1, -0.05) is 11.2 Å². The Kier molecular flexibility index (Phi) is 3.46. The lowest BCUT2D eigenvalue weighted by Crippen LogP contribution is -2.32. The molecule has 22 heavy (non-hydrogen) atoms. The van der Waals surface area contributed by atoms with E-state index in [0.29, 0.717) is 37.8 Å². The van der Waals surface area contributed by atoms with Crippen LogP contribution < -0.4 is 0 Å². The number of rotatable bonds is 3. The summed E-state index contributed by atoms with van der Waals surface area (Å²) < 4.78 is 11.1. The molecule has 2 fully saturated rings. The summed E-state index contributed by atoms with van der Waals surface area (Å²) in [7, 11) is 0. The smallest absolute Gasteiger partial charge is 0.232 e. The molecule has 2 aromatic heterocycles. The van der Waals surface area contributed by atoms with E-state index in [-0.39, 0.29) is 23.8 Å². The lowest BCUT2D eigenvalue weighted by atomic mass is 9.93. The summed E-state index contributed by atoms with van der Waals surface area (Å²) in [5.41, 5.74) is 0. The first-order valence-electron chi connectivity index (χ1n) is 7.42. The van der Waals surface area contributed by atoms with Crippen molar-refractivity contribution in [3.05, 3.63) is 34.1 Å². The SMILES string of the molecule is Cc1noc([C@@H]2CO[C@H]3CN(C(=O)Cc4cccs4)C[C@H]32)n1. The van der Waals surface area contributed by atoms with E-state index in [1.807, 2.05) is 29.3 Å². The maximum atomic E-state index is 12.4. The number of likely N-dealkylation sites (tertiary alicyclic amines) is 1. The Hall–Kier alpha value is -1.73. The van der Waals surface area contributed by atoms with E-state index in [1.165, 1.54) is 0 Å². The van der Waals surface area contributed by atoms with Gasteiger partial charge in [-0.05, 0) is 18.4 Å². The lowest BCUT2D eigenvalue weighted by molar-refractivity contribution is -0.130. The molecule has 0 spiro atoms. The summed E-state index contributed by atoms with van der Waals surface area (Å²) in [6, 6.07) is 3.98. The Morgan fingerprint density at radius 2 is 2.41 bits per heavy atom. The Balaban J connectivity index is 1.44. The summed E-state index contributed by atoms with van der Waals surface area (Å²) in [5.74, 6) is 1.80. The number of ether oxygens (including phenoxy) is 1. The Morgan fingerprint density at radius 3 is 3.14 bits per heavy atom. The Bertz CT molecular complexity index is 669. The Labute approximate surface area is 132 Å². The molecule has 4 heterocycles. The molecular formula is C15H17N3O3S. The van der Waals surface area contributed by atoms with Gasteiger partial charge in [0.05, 0.1) is 25.0 Å². The molecule has 4 rings (SSSR count). The predicted octanol–water partition coefficient (Wildman–Crippen LogP) is 1.62. The zero-order valence-electron chi connectivity index (χ0n) is 12.3. The summed E-state index contributed by atoms with van der Waals surface area (Å²) in [6.45, 7) is 3.79. The first-order valence-corrected chi connectivity index (χ1v) is 8.30. The molecule has 2 saturated heterocycles. The summed E-state index contributed by atoms with van der Waals surface area (Å²) in [5, 5.41) is 5.86. The van der Waals surface area contributed by atoms with E-state index in [9.17, 15) is 4.79 Å². The van der Waals surface area contributed by atoms with E-state index in [4.69, 9.17) is 9.26 Å². The lowest BCUT2D eigenvalue weighted by Gasteiger charge is -2.18. The summed E-state index contributed by atoms with van der Waals surface area (Å²) in [4.78, 5) is 19.8. The van der Waals surface area contributed by atoms with Crippen LogP contribution in [0.2, 0.25) is 0 Å². The van der Waals surface area contributed by atoms with Crippen molar-refractivity contribution in [1.82, 2.24) is 15.0 Å². The van der Waals surface area contributed by atoms with Crippen molar-refractivity contribution in [2.24, 2.45) is 5.92 Å². The molecule has 0 bridgehead atoms. The van der Waals surface area contributed by atoms with Gasteiger partial charge in [0.1, 0.15) is 0 Å². The fraction of sp³-hybridized carbons (Fsp3) is 0.533. The van der Waals surface area contributed by atoms with Gasteiger partial charge in [0, 0.05) is 23.9 Å². The molecular weight excluding hydrogens is 302 g/mol. The number of amides is 1. The summed E-state index contributed by atoms with van der Waals surface area (Å²) >= 11 is 1.62. The number of hydrogen-bond acceptors (Lipinski definition) is 6. The zero-order chi connectivity index (χ0) is 15.1. The third-order valence-corrected chi connectivity index (χ3v) is 5.31. The third-order valence-electron chi connectivity index (χ3n) is 4.43. The molecule has 0 aromatic carbocycles. The van der Waals surface area contributed by atoms with Crippen LogP contribution in [0.1, 0.15) is 22.5 Å². The van der Waals surface area contributed by atoms with Crippen LogP contribution in [0.25, 0.3) is 0 Å². The van der Waals surface area contributed by atoms with Crippen LogP contribution in [0.5, 0.6) is 0 Å². The highest BCUT2D eigenvalue weighted by molar-refractivity contribution is 7.10. The minimum Gasteiger partial charge on any atom is -0.375 e.